The highest BCUT2D eigenvalue weighted by Gasteiger charge is 2.19. The van der Waals surface area contributed by atoms with Crippen molar-refractivity contribution in [3.63, 3.8) is 0 Å². The quantitative estimate of drug-likeness (QED) is 0.208. The number of nitriles is 1. The van der Waals surface area contributed by atoms with Gasteiger partial charge in [0.15, 0.2) is 5.69 Å². The zero-order chi connectivity index (χ0) is 28.2. The lowest BCUT2D eigenvalue weighted by Gasteiger charge is -2.11. The van der Waals surface area contributed by atoms with Crippen LogP contribution in [0.25, 0.3) is 71.0 Å². The monoisotopic (exact) mass is 534 g/mol. The Balaban J connectivity index is 1.45. The minimum atomic E-state index is 0.457. The van der Waals surface area contributed by atoms with E-state index in [0.29, 0.717) is 11.3 Å². The molecule has 0 N–H and O–H groups in total. The molecule has 0 spiro atoms. The number of benzene rings is 6. The summed E-state index contributed by atoms with van der Waals surface area (Å²) in [6, 6.07) is 48.2. The molecule has 2 aromatic heterocycles. The second-order valence-electron chi connectivity index (χ2n) is 10.4. The fourth-order valence-corrected chi connectivity index (χ4v) is 6.39. The van der Waals surface area contributed by atoms with Crippen molar-refractivity contribution in [1.29, 1.82) is 5.26 Å². The fraction of sp³-hybridized carbons (Fsp3) is 0. The Morgan fingerprint density at radius 2 is 1.26 bits per heavy atom. The van der Waals surface area contributed by atoms with Crippen LogP contribution in [-0.4, -0.2) is 9.13 Å². The maximum Gasteiger partial charge on any atom is 0.188 e. The Morgan fingerprint density at radius 1 is 0.571 bits per heavy atom. The molecule has 0 unspecified atom stereocenters. The molecule has 0 saturated heterocycles. The summed E-state index contributed by atoms with van der Waals surface area (Å²) >= 11 is 0. The van der Waals surface area contributed by atoms with Crippen LogP contribution in [0.5, 0.6) is 0 Å². The smallest absolute Gasteiger partial charge is 0.188 e. The van der Waals surface area contributed by atoms with Crippen LogP contribution in [0.2, 0.25) is 0 Å². The van der Waals surface area contributed by atoms with Gasteiger partial charge >= 0.3 is 0 Å². The van der Waals surface area contributed by atoms with Crippen LogP contribution in [0.15, 0.2) is 133 Å². The van der Waals surface area contributed by atoms with Gasteiger partial charge in [-0.2, -0.15) is 5.26 Å². The minimum Gasteiger partial charge on any atom is -0.309 e. The van der Waals surface area contributed by atoms with Crippen LogP contribution in [0.1, 0.15) is 5.56 Å². The van der Waals surface area contributed by atoms with Crippen LogP contribution >= 0.6 is 0 Å². The number of nitrogens with zero attached hydrogens (tertiary/aromatic N) is 4. The van der Waals surface area contributed by atoms with E-state index in [1.807, 2.05) is 18.2 Å². The maximum atomic E-state index is 10.0. The molecule has 0 bridgehead atoms. The van der Waals surface area contributed by atoms with E-state index in [1.165, 1.54) is 16.3 Å². The van der Waals surface area contributed by atoms with Gasteiger partial charge in [0, 0.05) is 27.2 Å². The second-order valence-corrected chi connectivity index (χ2v) is 10.4. The summed E-state index contributed by atoms with van der Waals surface area (Å²) in [7, 11) is 0. The SMILES string of the molecule is [C-]#[N+]c1ccc(-n2c3ccccc3c3c(-c4ccc5c6ccccc6n(-c6ccccc6)c5c4)cccc32)c(C#N)c1. The number of hydrogen-bond acceptors (Lipinski definition) is 1. The molecule has 4 heteroatoms. The number of aromatic nitrogens is 2. The summed E-state index contributed by atoms with van der Waals surface area (Å²) in [5, 5.41) is 14.7. The van der Waals surface area contributed by atoms with E-state index in [9.17, 15) is 5.26 Å². The average Bonchev–Trinajstić information content (AvgIpc) is 3.57. The van der Waals surface area contributed by atoms with Crippen molar-refractivity contribution >= 4 is 49.3 Å². The summed E-state index contributed by atoms with van der Waals surface area (Å²) in [5.41, 5.74) is 9.46. The van der Waals surface area contributed by atoms with Gasteiger partial charge in [0.05, 0.1) is 46.0 Å². The Bertz CT molecular complexity index is 2430. The summed E-state index contributed by atoms with van der Waals surface area (Å²) < 4.78 is 4.50. The standard InChI is InChI=1S/C38H22N4/c1-40-27-19-21-33(26(22-27)24-39)42-35-16-8-6-13-32(35)38-29(14-9-17-36(38)42)25-18-20-31-30-12-5-7-15-34(30)41(37(31)23-25)28-10-3-2-4-11-28/h2-23H. The van der Waals surface area contributed by atoms with E-state index in [2.05, 4.69) is 123 Å². The van der Waals surface area contributed by atoms with Gasteiger partial charge in [-0.1, -0.05) is 84.9 Å². The molecule has 4 nitrogen and oxygen atoms in total. The highest BCUT2D eigenvalue weighted by molar-refractivity contribution is 6.17. The van der Waals surface area contributed by atoms with E-state index in [4.69, 9.17) is 6.57 Å². The summed E-state index contributed by atoms with van der Waals surface area (Å²) in [5.74, 6) is 0. The van der Waals surface area contributed by atoms with Crippen LogP contribution in [0.4, 0.5) is 5.69 Å². The number of para-hydroxylation sites is 3. The van der Waals surface area contributed by atoms with Crippen molar-refractivity contribution in [1.82, 2.24) is 9.13 Å². The Morgan fingerprint density at radius 3 is 2.05 bits per heavy atom. The topological polar surface area (TPSA) is 38.0 Å². The van der Waals surface area contributed by atoms with Gasteiger partial charge in [-0.15, -0.1) is 0 Å². The van der Waals surface area contributed by atoms with Gasteiger partial charge in [0.1, 0.15) is 0 Å². The van der Waals surface area contributed by atoms with Crippen LogP contribution in [0.3, 0.4) is 0 Å². The lowest BCUT2D eigenvalue weighted by atomic mass is 9.98. The molecule has 0 fully saturated rings. The van der Waals surface area contributed by atoms with Gasteiger partial charge < -0.3 is 9.13 Å². The van der Waals surface area contributed by atoms with Crippen molar-refractivity contribution in [2.24, 2.45) is 0 Å². The highest BCUT2D eigenvalue weighted by Crippen LogP contribution is 2.41. The molecule has 8 aromatic rings. The van der Waals surface area contributed by atoms with E-state index in [-0.39, 0.29) is 0 Å². The first-order chi connectivity index (χ1) is 20.8. The van der Waals surface area contributed by atoms with Gasteiger partial charge in [-0.05, 0) is 59.7 Å². The Kier molecular flexibility index (Phi) is 5.22. The number of fused-ring (bicyclic) bond motifs is 6. The molecule has 0 aliphatic rings. The molecule has 194 valence electrons. The molecular weight excluding hydrogens is 512 g/mol. The lowest BCUT2D eigenvalue weighted by Crippen LogP contribution is -1.97. The lowest BCUT2D eigenvalue weighted by molar-refractivity contribution is 1.17. The third kappa shape index (κ3) is 3.40. The fourth-order valence-electron chi connectivity index (χ4n) is 6.39. The number of rotatable bonds is 3. The molecule has 6 aromatic carbocycles. The molecule has 0 aliphatic carbocycles. The van der Waals surface area contributed by atoms with Gasteiger partial charge in [-0.3, -0.25) is 0 Å². The van der Waals surface area contributed by atoms with Crippen LogP contribution in [-0.2, 0) is 0 Å². The molecule has 42 heavy (non-hydrogen) atoms. The predicted octanol–water partition coefficient (Wildman–Crippen LogP) is 9.97. The molecule has 0 saturated carbocycles. The number of hydrogen-bond donors (Lipinski definition) is 0. The largest absolute Gasteiger partial charge is 0.309 e. The third-order valence-corrected chi connectivity index (χ3v) is 8.17. The van der Waals surface area contributed by atoms with Crippen molar-refractivity contribution in [2.45, 2.75) is 0 Å². The zero-order valence-electron chi connectivity index (χ0n) is 22.5. The first-order valence-corrected chi connectivity index (χ1v) is 13.8. The molecule has 0 amide bonds. The minimum absolute atomic E-state index is 0.457. The second kappa shape index (κ2) is 9.24. The highest BCUT2D eigenvalue weighted by atomic mass is 15.0. The van der Waals surface area contributed by atoms with Gasteiger partial charge in [-0.25, -0.2) is 4.85 Å². The summed E-state index contributed by atoms with van der Waals surface area (Å²) in [6.45, 7) is 7.42. The first kappa shape index (κ1) is 23.8. The van der Waals surface area contributed by atoms with Crippen molar-refractivity contribution in [3.05, 3.63) is 150 Å². The van der Waals surface area contributed by atoms with Crippen molar-refractivity contribution < 1.29 is 0 Å². The molecular formula is C38H22N4. The van der Waals surface area contributed by atoms with E-state index >= 15 is 0 Å². The zero-order valence-corrected chi connectivity index (χ0v) is 22.5. The van der Waals surface area contributed by atoms with Crippen LogP contribution in [0, 0.1) is 17.9 Å². The average molecular weight is 535 g/mol. The molecule has 2 heterocycles. The summed E-state index contributed by atoms with van der Waals surface area (Å²) in [4.78, 5) is 3.54. The van der Waals surface area contributed by atoms with E-state index in [1.54, 1.807) is 12.1 Å². The predicted molar refractivity (Wildman–Crippen MR) is 172 cm³/mol. The first-order valence-electron chi connectivity index (χ1n) is 13.8. The van der Waals surface area contributed by atoms with Gasteiger partial charge in [0.25, 0.3) is 0 Å². The molecule has 0 atom stereocenters. The summed E-state index contributed by atoms with van der Waals surface area (Å²) in [6.07, 6.45) is 0. The van der Waals surface area contributed by atoms with E-state index in [0.717, 1.165) is 49.8 Å². The van der Waals surface area contributed by atoms with Crippen molar-refractivity contribution in [2.75, 3.05) is 0 Å². The maximum absolute atomic E-state index is 10.0. The van der Waals surface area contributed by atoms with Crippen LogP contribution < -0.4 is 0 Å². The molecule has 0 aliphatic heterocycles. The Labute approximate surface area is 242 Å². The van der Waals surface area contributed by atoms with Gasteiger partial charge in [0.2, 0.25) is 0 Å². The third-order valence-electron chi connectivity index (χ3n) is 8.17. The normalized spacial score (nSPS) is 11.3. The van der Waals surface area contributed by atoms with E-state index < -0.39 is 0 Å². The Hall–Kier alpha value is -6.10. The van der Waals surface area contributed by atoms with Crippen molar-refractivity contribution in [3.8, 4) is 28.6 Å². The molecule has 8 rings (SSSR count). The molecule has 0 radical (unpaired) electrons.